The first-order valence-electron chi connectivity index (χ1n) is 41.2. The molecule has 8 nitrogen and oxygen atoms in total. The Labute approximate surface area is 590 Å². The van der Waals surface area contributed by atoms with Gasteiger partial charge in [-0.25, -0.2) is 0 Å². The number of hydrogen-bond acceptors (Lipinski definition) is 8. The third-order valence-electron chi connectivity index (χ3n) is 19.5. The Kier molecular flexibility index (Phi) is 46.2. The van der Waals surface area contributed by atoms with Crippen LogP contribution in [0.15, 0.2) is 48.5 Å². The lowest BCUT2D eigenvalue weighted by atomic mass is 9.80. The fourth-order valence-electron chi connectivity index (χ4n) is 13.4. The summed E-state index contributed by atoms with van der Waals surface area (Å²) in [5, 5.41) is 0. The lowest BCUT2D eigenvalue weighted by Crippen LogP contribution is -2.08. The Bertz CT molecular complexity index is 2020. The molecule has 0 radical (unpaired) electrons. The molecule has 8 heteroatoms. The van der Waals surface area contributed by atoms with Crippen LogP contribution in [0.5, 0.6) is 46.0 Å². The highest BCUT2D eigenvalue weighted by Gasteiger charge is 2.30. The van der Waals surface area contributed by atoms with Crippen LogP contribution >= 0.6 is 0 Å². The standard InChI is InChI=1S/C88H144O8/c1-9-17-25-33-41-49-57-89-81-65-73-74(66-82(81)90-58-50-42-34-26-18-10-2)76-68-84(92-60-52-44-36-28-20-12-4)86(94-62-54-46-38-30-22-14-6)70-78(76)80-72-88(96-64-56-48-40-32-24-16-8)87(95-63-55-47-39-31-23-15-7)71-79(80)77-69-85(93-61-53-45-37-29-21-13-5)83(67-75(73)77)91-59-51-43-35-27-19-11-3/h65-72H,9-64H2,1-8H3. The first-order chi connectivity index (χ1) is 47.5. The molecule has 1 aliphatic rings. The SMILES string of the molecule is CCCCCCCCOc1cc2c(cc1OCCCCCCCC)-c1cc(OCCCCCCCC)c(OCCCCCCCC)cc1-c1cc(OCCCCCCCC)c(OCCCCCCCC)cc1-c1cc(OCCCCCCCC)c(OCCCCCCCC)cc1-2. The second kappa shape index (κ2) is 54.1. The van der Waals surface area contributed by atoms with Crippen molar-refractivity contribution in [3.63, 3.8) is 0 Å². The van der Waals surface area contributed by atoms with Crippen LogP contribution in [-0.2, 0) is 0 Å². The molecule has 0 amide bonds. The van der Waals surface area contributed by atoms with Crippen molar-refractivity contribution in [2.24, 2.45) is 0 Å². The maximum atomic E-state index is 7.10. The summed E-state index contributed by atoms with van der Waals surface area (Å²) < 4.78 is 56.8. The van der Waals surface area contributed by atoms with Crippen molar-refractivity contribution in [1.82, 2.24) is 0 Å². The summed E-state index contributed by atoms with van der Waals surface area (Å²) in [6.07, 6.45) is 57.1. The van der Waals surface area contributed by atoms with Crippen molar-refractivity contribution < 1.29 is 37.9 Å². The van der Waals surface area contributed by atoms with Crippen LogP contribution in [0.1, 0.15) is 364 Å². The van der Waals surface area contributed by atoms with Gasteiger partial charge in [-0.05, 0) is 144 Å². The molecule has 0 aliphatic heterocycles. The Morgan fingerprint density at radius 3 is 0.333 bits per heavy atom. The van der Waals surface area contributed by atoms with Gasteiger partial charge in [-0.15, -0.1) is 0 Å². The molecule has 0 bridgehead atoms. The zero-order chi connectivity index (χ0) is 68.1. The van der Waals surface area contributed by atoms with E-state index in [1.165, 1.54) is 205 Å². The van der Waals surface area contributed by atoms with Crippen molar-refractivity contribution in [2.45, 2.75) is 364 Å². The van der Waals surface area contributed by atoms with Crippen molar-refractivity contribution >= 4 is 0 Å². The van der Waals surface area contributed by atoms with E-state index in [2.05, 4.69) is 104 Å². The van der Waals surface area contributed by atoms with E-state index in [4.69, 9.17) is 37.9 Å². The Morgan fingerprint density at radius 2 is 0.229 bits per heavy atom. The zero-order valence-corrected chi connectivity index (χ0v) is 63.5. The summed E-state index contributed by atoms with van der Waals surface area (Å²) >= 11 is 0. The Hall–Kier alpha value is -4.72. The molecule has 0 heterocycles. The summed E-state index contributed by atoms with van der Waals surface area (Å²) in [6, 6.07) is 18.5. The van der Waals surface area contributed by atoms with E-state index in [0.29, 0.717) is 52.9 Å². The lowest BCUT2D eigenvalue weighted by Gasteiger charge is -2.28. The average Bonchev–Trinajstić information content (AvgIpc) is 0.728. The largest absolute Gasteiger partial charge is 0.490 e. The van der Waals surface area contributed by atoms with Crippen LogP contribution in [0.4, 0.5) is 0 Å². The molecule has 0 saturated heterocycles. The van der Waals surface area contributed by atoms with E-state index in [1.54, 1.807) is 0 Å². The van der Waals surface area contributed by atoms with E-state index in [0.717, 1.165) is 193 Å². The third-order valence-corrected chi connectivity index (χ3v) is 19.5. The molecule has 1 aliphatic carbocycles. The van der Waals surface area contributed by atoms with Crippen molar-refractivity contribution in [3.8, 4) is 90.5 Å². The van der Waals surface area contributed by atoms with Crippen LogP contribution in [-0.4, -0.2) is 52.9 Å². The maximum Gasteiger partial charge on any atom is 0.161 e. The number of hydrogen-bond donors (Lipinski definition) is 0. The first kappa shape index (κ1) is 82.0. The number of benzene rings is 4. The highest BCUT2D eigenvalue weighted by molar-refractivity contribution is 6.05. The summed E-state index contributed by atoms with van der Waals surface area (Å²) in [5.41, 5.74) is 8.51. The third kappa shape index (κ3) is 32.1. The van der Waals surface area contributed by atoms with Crippen LogP contribution in [0.25, 0.3) is 44.5 Å². The molecule has 0 aromatic heterocycles. The number of fused-ring (bicyclic) bond motifs is 8. The smallest absolute Gasteiger partial charge is 0.161 e. The second-order valence-corrected chi connectivity index (χ2v) is 28.3. The van der Waals surface area contributed by atoms with E-state index < -0.39 is 0 Å². The Balaban J connectivity index is 1.87. The van der Waals surface area contributed by atoms with Gasteiger partial charge in [-0.3, -0.25) is 0 Å². The zero-order valence-electron chi connectivity index (χ0n) is 63.5. The predicted octanol–water partition coefficient (Wildman–Crippen LogP) is 28.6. The van der Waals surface area contributed by atoms with Crippen LogP contribution < -0.4 is 37.9 Å². The van der Waals surface area contributed by atoms with Gasteiger partial charge in [0.05, 0.1) is 52.9 Å². The average molecular weight is 1330 g/mol. The lowest BCUT2D eigenvalue weighted by molar-refractivity contribution is 0.258. The highest BCUT2D eigenvalue weighted by Crippen LogP contribution is 2.56. The van der Waals surface area contributed by atoms with Crippen molar-refractivity contribution in [1.29, 1.82) is 0 Å². The van der Waals surface area contributed by atoms with Crippen molar-refractivity contribution in [3.05, 3.63) is 48.5 Å². The minimum absolute atomic E-state index is 0.624. The van der Waals surface area contributed by atoms with Crippen LogP contribution in [0, 0.1) is 0 Å². The van der Waals surface area contributed by atoms with Gasteiger partial charge in [0.25, 0.3) is 0 Å². The van der Waals surface area contributed by atoms with Gasteiger partial charge in [-0.1, -0.05) is 312 Å². The summed E-state index contributed by atoms with van der Waals surface area (Å²) in [4.78, 5) is 0. The normalized spacial score (nSPS) is 11.6. The second-order valence-electron chi connectivity index (χ2n) is 28.3. The van der Waals surface area contributed by atoms with Gasteiger partial charge in [0, 0.05) is 0 Å². The molecule has 96 heavy (non-hydrogen) atoms. The molecule has 4 aromatic rings. The molecule has 0 N–H and O–H groups in total. The minimum Gasteiger partial charge on any atom is -0.490 e. The number of ether oxygens (including phenoxy) is 8. The van der Waals surface area contributed by atoms with Crippen LogP contribution in [0.2, 0.25) is 0 Å². The molecular weight excluding hydrogens is 1180 g/mol. The minimum atomic E-state index is 0.624. The number of unbranched alkanes of at least 4 members (excludes halogenated alkanes) is 40. The van der Waals surface area contributed by atoms with E-state index in [9.17, 15) is 0 Å². The topological polar surface area (TPSA) is 73.8 Å². The molecule has 4 aromatic carbocycles. The summed E-state index contributed by atoms with van der Waals surface area (Å²) in [6.45, 7) is 23.3. The summed E-state index contributed by atoms with van der Waals surface area (Å²) in [7, 11) is 0. The van der Waals surface area contributed by atoms with Gasteiger partial charge in [-0.2, -0.15) is 0 Å². The van der Waals surface area contributed by atoms with E-state index in [1.807, 2.05) is 0 Å². The fourth-order valence-corrected chi connectivity index (χ4v) is 13.4. The van der Waals surface area contributed by atoms with Crippen LogP contribution in [0.3, 0.4) is 0 Å². The van der Waals surface area contributed by atoms with Gasteiger partial charge in [0.2, 0.25) is 0 Å². The molecule has 0 saturated carbocycles. The highest BCUT2D eigenvalue weighted by atomic mass is 16.5. The van der Waals surface area contributed by atoms with Gasteiger partial charge in [0.1, 0.15) is 0 Å². The summed E-state index contributed by atoms with van der Waals surface area (Å²) in [5.74, 6) is 6.33. The molecule has 544 valence electrons. The predicted molar refractivity (Wildman–Crippen MR) is 413 cm³/mol. The van der Waals surface area contributed by atoms with Gasteiger partial charge >= 0.3 is 0 Å². The molecule has 0 fully saturated rings. The first-order valence-corrected chi connectivity index (χ1v) is 41.2. The molecule has 5 rings (SSSR count). The molecule has 0 atom stereocenters. The quantitative estimate of drug-likeness (QED) is 0.0357. The maximum absolute atomic E-state index is 7.10. The molecule has 0 unspecified atom stereocenters. The number of rotatable bonds is 64. The molecule has 0 spiro atoms. The monoisotopic (exact) mass is 1330 g/mol. The van der Waals surface area contributed by atoms with E-state index >= 15 is 0 Å². The van der Waals surface area contributed by atoms with Crippen molar-refractivity contribution in [2.75, 3.05) is 52.9 Å². The fraction of sp³-hybridized carbons (Fsp3) is 0.727. The van der Waals surface area contributed by atoms with Gasteiger partial charge < -0.3 is 37.9 Å². The molecular formula is C88H144O8. The van der Waals surface area contributed by atoms with E-state index in [-0.39, 0.29) is 0 Å². The van der Waals surface area contributed by atoms with Gasteiger partial charge in [0.15, 0.2) is 46.0 Å². The Morgan fingerprint density at radius 1 is 0.135 bits per heavy atom.